The lowest BCUT2D eigenvalue weighted by molar-refractivity contribution is -0.128. The van der Waals surface area contributed by atoms with Crippen LogP contribution in [0.1, 0.15) is 29.7 Å². The van der Waals surface area contributed by atoms with Gasteiger partial charge >= 0.3 is 6.01 Å². The average molecular weight is 516 g/mol. The van der Waals surface area contributed by atoms with Gasteiger partial charge in [-0.3, -0.25) is 4.79 Å². The molecule has 1 aromatic heterocycles. The van der Waals surface area contributed by atoms with E-state index in [1.54, 1.807) is 4.90 Å². The minimum absolute atomic E-state index is 0.129. The topological polar surface area (TPSA) is 88.8 Å². The van der Waals surface area contributed by atoms with E-state index in [1.807, 2.05) is 14.1 Å². The third-order valence-electron chi connectivity index (χ3n) is 7.91. The van der Waals surface area contributed by atoms with Gasteiger partial charge in [-0.2, -0.15) is 15.2 Å². The van der Waals surface area contributed by atoms with Crippen molar-refractivity contribution in [1.29, 1.82) is 5.26 Å². The Kier molecular flexibility index (Phi) is 7.79. The van der Waals surface area contributed by atoms with Gasteiger partial charge in [-0.1, -0.05) is 24.8 Å². The molecule has 1 fully saturated rings. The Hall–Kier alpha value is -3.64. The average Bonchev–Trinajstić information content (AvgIpc) is 3.36. The molecule has 5 rings (SSSR count). The third kappa shape index (κ3) is 5.32. The molecule has 2 atom stereocenters. The van der Waals surface area contributed by atoms with E-state index in [-0.39, 0.29) is 18.4 Å². The largest absolute Gasteiger partial charge is 0.462 e. The zero-order valence-electron chi connectivity index (χ0n) is 22.5. The Balaban J connectivity index is 1.43. The second kappa shape index (κ2) is 11.4. The number of piperazine rings is 1. The monoisotopic (exact) mass is 515 g/mol. The van der Waals surface area contributed by atoms with Crippen molar-refractivity contribution in [3.63, 3.8) is 0 Å². The fourth-order valence-corrected chi connectivity index (χ4v) is 5.95. The van der Waals surface area contributed by atoms with Crippen LogP contribution in [0, 0.1) is 11.3 Å². The lowest BCUT2D eigenvalue weighted by atomic mass is 9.90. The van der Waals surface area contributed by atoms with Crippen LogP contribution >= 0.6 is 0 Å². The van der Waals surface area contributed by atoms with Gasteiger partial charge in [0.2, 0.25) is 5.91 Å². The number of carbonyl (C=O) groups excluding carboxylic acids is 1. The van der Waals surface area contributed by atoms with Crippen molar-refractivity contribution in [3.05, 3.63) is 53.7 Å². The quantitative estimate of drug-likeness (QED) is 0.496. The normalized spacial score (nSPS) is 20.6. The fourth-order valence-electron chi connectivity index (χ4n) is 5.95. The van der Waals surface area contributed by atoms with E-state index < -0.39 is 0 Å². The first-order chi connectivity index (χ1) is 18.5. The predicted octanol–water partition coefficient (Wildman–Crippen LogP) is 2.45. The summed E-state index contributed by atoms with van der Waals surface area (Å²) in [4.78, 5) is 30.9. The number of carbonyl (C=O) groups is 1. The molecule has 0 saturated carbocycles. The van der Waals surface area contributed by atoms with Gasteiger partial charge in [0.05, 0.1) is 24.2 Å². The van der Waals surface area contributed by atoms with Gasteiger partial charge in [-0.05, 0) is 51.1 Å². The second-order valence-electron chi connectivity index (χ2n) is 10.6. The van der Waals surface area contributed by atoms with Crippen LogP contribution in [0.4, 0.5) is 11.5 Å². The van der Waals surface area contributed by atoms with Gasteiger partial charge in [0.15, 0.2) is 0 Å². The third-order valence-corrected chi connectivity index (χ3v) is 7.91. The Morgan fingerprint density at radius 2 is 2.08 bits per heavy atom. The van der Waals surface area contributed by atoms with Crippen LogP contribution in [-0.2, 0) is 24.1 Å². The summed E-state index contributed by atoms with van der Waals surface area (Å²) in [7, 11) is 4.03. The molecule has 0 radical (unpaired) electrons. The van der Waals surface area contributed by atoms with E-state index in [2.05, 4.69) is 51.6 Å². The summed E-state index contributed by atoms with van der Waals surface area (Å²) in [6.45, 7) is 7.68. The molecule has 1 aliphatic carbocycles. The first-order valence-electron chi connectivity index (χ1n) is 13.5. The maximum atomic E-state index is 12.4. The number of benzene rings is 1. The van der Waals surface area contributed by atoms with Crippen LogP contribution in [-0.4, -0.2) is 91.2 Å². The number of ether oxygens (including phenoxy) is 1. The van der Waals surface area contributed by atoms with Crippen LogP contribution in [0.25, 0.3) is 0 Å². The van der Waals surface area contributed by atoms with Gasteiger partial charge in [0.1, 0.15) is 12.4 Å². The summed E-state index contributed by atoms with van der Waals surface area (Å²) in [5.74, 6) is 0.764. The molecule has 1 amide bonds. The molecule has 200 valence electrons. The zero-order valence-corrected chi connectivity index (χ0v) is 22.5. The Morgan fingerprint density at radius 3 is 2.87 bits per heavy atom. The molecule has 0 N–H and O–H groups in total. The molecule has 9 heteroatoms. The lowest BCUT2D eigenvalue weighted by Crippen LogP contribution is -2.55. The molecule has 3 heterocycles. The number of hydrogen-bond donors (Lipinski definition) is 0. The summed E-state index contributed by atoms with van der Waals surface area (Å²) >= 11 is 0. The fraction of sp³-hybridized carbons (Fsp3) is 0.517. The maximum Gasteiger partial charge on any atom is 0.318 e. The maximum absolute atomic E-state index is 12.4. The number of likely N-dealkylation sites (N-methyl/N-ethyl adjacent to an activating group) is 1. The summed E-state index contributed by atoms with van der Waals surface area (Å²) in [6.07, 6.45) is 5.46. The van der Waals surface area contributed by atoms with Gasteiger partial charge in [0, 0.05) is 56.4 Å². The second-order valence-corrected chi connectivity index (χ2v) is 10.6. The molecule has 0 unspecified atom stereocenters. The molecule has 1 saturated heterocycles. The Bertz CT molecular complexity index is 1220. The van der Waals surface area contributed by atoms with E-state index in [0.717, 1.165) is 50.3 Å². The standard InChI is InChI=1S/C29H37N7O2/c1-4-27(37)36-16-15-34(20-23(36)11-13-30)28-24-10-9-22(35-14-12-21-7-5-6-8-26(21)35)19-25(24)31-29(32-28)38-18-17-33(2)3/h4-8,22-23H,1,9-12,14-20H2,2-3H3/t22-,23-/m0/s1. The van der Waals surface area contributed by atoms with Crippen molar-refractivity contribution >= 4 is 17.4 Å². The highest BCUT2D eigenvalue weighted by Gasteiger charge is 2.35. The minimum atomic E-state index is -0.208. The van der Waals surface area contributed by atoms with E-state index in [9.17, 15) is 10.1 Å². The molecular weight excluding hydrogens is 478 g/mol. The number of nitrogens with zero attached hydrogens (tertiary/aromatic N) is 7. The lowest BCUT2D eigenvalue weighted by Gasteiger charge is -2.42. The summed E-state index contributed by atoms with van der Waals surface area (Å²) in [5, 5.41) is 9.44. The van der Waals surface area contributed by atoms with E-state index >= 15 is 0 Å². The molecule has 0 bridgehead atoms. The van der Waals surface area contributed by atoms with Gasteiger partial charge in [-0.25, -0.2) is 0 Å². The smallest absolute Gasteiger partial charge is 0.318 e. The number of hydrogen-bond acceptors (Lipinski definition) is 8. The Morgan fingerprint density at radius 1 is 1.24 bits per heavy atom. The molecular formula is C29H37N7O2. The van der Waals surface area contributed by atoms with Crippen molar-refractivity contribution in [1.82, 2.24) is 19.8 Å². The first-order valence-corrected chi connectivity index (χ1v) is 13.5. The van der Waals surface area contributed by atoms with Crippen molar-refractivity contribution in [2.24, 2.45) is 0 Å². The number of aromatic nitrogens is 2. The van der Waals surface area contributed by atoms with Crippen LogP contribution in [0.15, 0.2) is 36.9 Å². The van der Waals surface area contributed by atoms with Crippen LogP contribution in [0.3, 0.4) is 0 Å². The summed E-state index contributed by atoms with van der Waals surface area (Å²) in [6, 6.07) is 11.6. The van der Waals surface area contributed by atoms with Gasteiger partial charge < -0.3 is 24.3 Å². The van der Waals surface area contributed by atoms with Crippen LogP contribution in [0.5, 0.6) is 6.01 Å². The van der Waals surface area contributed by atoms with Crippen molar-refractivity contribution < 1.29 is 9.53 Å². The number of rotatable bonds is 8. The van der Waals surface area contributed by atoms with E-state index in [0.29, 0.717) is 38.3 Å². The van der Waals surface area contributed by atoms with E-state index in [4.69, 9.17) is 14.7 Å². The van der Waals surface area contributed by atoms with Gasteiger partial charge in [-0.15, -0.1) is 0 Å². The number of para-hydroxylation sites is 1. The molecule has 3 aliphatic rings. The number of fused-ring (bicyclic) bond motifs is 2. The van der Waals surface area contributed by atoms with Crippen LogP contribution < -0.4 is 14.5 Å². The highest BCUT2D eigenvalue weighted by atomic mass is 16.5. The van der Waals surface area contributed by atoms with Crippen LogP contribution in [0.2, 0.25) is 0 Å². The Labute approximate surface area is 225 Å². The number of nitriles is 1. The summed E-state index contributed by atoms with van der Waals surface area (Å²) in [5.41, 5.74) is 5.00. The van der Waals surface area contributed by atoms with E-state index in [1.165, 1.54) is 22.9 Å². The van der Waals surface area contributed by atoms with Crippen molar-refractivity contribution in [2.75, 3.05) is 63.2 Å². The first kappa shape index (κ1) is 26.0. The van der Waals surface area contributed by atoms with Crippen molar-refractivity contribution in [2.45, 2.75) is 44.2 Å². The molecule has 2 aromatic rings. The molecule has 0 spiro atoms. The number of amides is 1. The highest BCUT2D eigenvalue weighted by Crippen LogP contribution is 2.37. The molecule has 1 aromatic carbocycles. The SMILES string of the molecule is C=CC(=O)N1CCN(c2nc(OCCN(C)C)nc3c2CC[C@H](N2CCc4ccccc42)C3)C[C@@H]1CC#N. The zero-order chi connectivity index (χ0) is 26.6. The number of anilines is 2. The predicted molar refractivity (Wildman–Crippen MR) is 148 cm³/mol. The molecule has 9 nitrogen and oxygen atoms in total. The van der Waals surface area contributed by atoms with Gasteiger partial charge in [0.25, 0.3) is 0 Å². The summed E-state index contributed by atoms with van der Waals surface area (Å²) < 4.78 is 6.05. The molecule has 2 aliphatic heterocycles. The highest BCUT2D eigenvalue weighted by molar-refractivity contribution is 5.87. The molecule has 38 heavy (non-hydrogen) atoms. The minimum Gasteiger partial charge on any atom is -0.462 e. The van der Waals surface area contributed by atoms with Crippen molar-refractivity contribution in [3.8, 4) is 12.1 Å².